The SMILES string of the molecule is CC[C@H]1OC(=O)[C@H](C)[C@@H](O[C@H]2C[C@@](C)(OC)[C@@H](O)[C@H](C)O2)[C@H](C)[C@@H](O[C@@H]2O[C@H](C)C[C@H](N(C)C)[C@H]2O)[C@](C)(O)C[C@@H](C)CN(CCCNC(=S)NCc2ccco2)[C@H](C)[C@@H](O)[C@]1(C)O.O=CO. The Hall–Kier alpha value is -2.57. The highest BCUT2D eigenvalue weighted by atomic mass is 32.1. The van der Waals surface area contributed by atoms with Gasteiger partial charge in [0.1, 0.15) is 35.8 Å². The van der Waals surface area contributed by atoms with Crippen molar-refractivity contribution in [2.24, 2.45) is 17.8 Å². The summed E-state index contributed by atoms with van der Waals surface area (Å²) in [5, 5.41) is 73.5. The van der Waals surface area contributed by atoms with Crippen molar-refractivity contribution in [3.8, 4) is 0 Å². The van der Waals surface area contributed by atoms with Crippen LogP contribution < -0.4 is 10.6 Å². The number of furan rings is 1. The molecule has 3 fully saturated rings. The van der Waals surface area contributed by atoms with E-state index >= 15 is 0 Å². The summed E-state index contributed by atoms with van der Waals surface area (Å²) in [7, 11) is 5.27. The van der Waals surface area contributed by atoms with Crippen molar-refractivity contribution in [3.05, 3.63) is 24.2 Å². The van der Waals surface area contributed by atoms with Crippen molar-refractivity contribution in [1.82, 2.24) is 20.4 Å². The van der Waals surface area contributed by atoms with Crippen LogP contribution in [0.2, 0.25) is 0 Å². The molecule has 20 heteroatoms. The number of hydrogen-bond acceptors (Lipinski definition) is 17. The smallest absolute Gasteiger partial charge is 0.311 e. The number of carboxylic acid groups (broad SMARTS) is 1. The number of esters is 1. The van der Waals surface area contributed by atoms with Crippen LogP contribution in [0.5, 0.6) is 0 Å². The Morgan fingerprint density at radius 3 is 2.25 bits per heavy atom. The average Bonchev–Trinajstić information content (AvgIpc) is 3.79. The lowest BCUT2D eigenvalue weighted by Gasteiger charge is -2.48. The first-order chi connectivity index (χ1) is 31.3. The zero-order chi connectivity index (χ0) is 50.6. The zero-order valence-corrected chi connectivity index (χ0v) is 42.8. The lowest BCUT2D eigenvalue weighted by Crippen LogP contribution is -2.60. The van der Waals surface area contributed by atoms with Crippen molar-refractivity contribution < 1.29 is 73.1 Å². The second-order valence-electron chi connectivity index (χ2n) is 19.9. The Morgan fingerprint density at radius 1 is 1.01 bits per heavy atom. The largest absolute Gasteiger partial charge is 0.483 e. The molecule has 0 saturated carbocycles. The molecule has 67 heavy (non-hydrogen) atoms. The topological polar surface area (TPSA) is 255 Å². The van der Waals surface area contributed by atoms with Crippen molar-refractivity contribution in [2.75, 3.05) is 40.8 Å². The van der Waals surface area contributed by atoms with Crippen LogP contribution in [0.3, 0.4) is 0 Å². The van der Waals surface area contributed by atoms with Crippen molar-refractivity contribution in [2.45, 2.75) is 198 Å². The summed E-state index contributed by atoms with van der Waals surface area (Å²) >= 11 is 5.49. The number of likely N-dealkylation sites (N-methyl/N-ethyl adjacent to an activating group) is 1. The highest BCUT2D eigenvalue weighted by molar-refractivity contribution is 7.80. The molecular weight excluding hydrogens is 893 g/mol. The van der Waals surface area contributed by atoms with Crippen molar-refractivity contribution in [3.63, 3.8) is 0 Å². The second-order valence-corrected chi connectivity index (χ2v) is 20.3. The average molecular weight is 977 g/mol. The van der Waals surface area contributed by atoms with E-state index in [2.05, 4.69) is 15.5 Å². The molecule has 0 radical (unpaired) electrons. The second kappa shape index (κ2) is 26.0. The summed E-state index contributed by atoms with van der Waals surface area (Å²) in [5.41, 5.74) is -4.56. The first kappa shape index (κ1) is 58.7. The van der Waals surface area contributed by atoms with E-state index in [4.69, 9.17) is 55.0 Å². The number of carbonyl (C=O) groups is 2. The predicted molar refractivity (Wildman–Crippen MR) is 253 cm³/mol. The summed E-state index contributed by atoms with van der Waals surface area (Å²) in [6.45, 7) is 19.2. The van der Waals surface area contributed by atoms with Gasteiger partial charge >= 0.3 is 5.97 Å². The Labute approximate surface area is 403 Å². The number of hydrogen-bond donors (Lipinski definition) is 8. The van der Waals surface area contributed by atoms with Gasteiger partial charge in [-0.1, -0.05) is 20.8 Å². The Morgan fingerprint density at radius 2 is 1.67 bits per heavy atom. The maximum absolute atomic E-state index is 14.5. The third-order valence-electron chi connectivity index (χ3n) is 13.9. The van der Waals surface area contributed by atoms with Crippen LogP contribution in [0.25, 0.3) is 0 Å². The van der Waals surface area contributed by atoms with E-state index in [0.29, 0.717) is 44.1 Å². The monoisotopic (exact) mass is 977 g/mol. The van der Waals surface area contributed by atoms with Crippen molar-refractivity contribution in [1.29, 1.82) is 0 Å². The van der Waals surface area contributed by atoms with Crippen LogP contribution in [-0.2, 0) is 44.6 Å². The molecule has 0 amide bonds. The molecule has 3 aliphatic rings. The number of nitrogens with zero attached hydrogens (tertiary/aromatic N) is 2. The number of methoxy groups -OCH3 is 1. The maximum Gasteiger partial charge on any atom is 0.311 e. The zero-order valence-electron chi connectivity index (χ0n) is 42.0. The third-order valence-corrected chi connectivity index (χ3v) is 14.2. The molecule has 1 aromatic rings. The van der Waals surface area contributed by atoms with Gasteiger partial charge in [-0.25, -0.2) is 0 Å². The normalized spacial score (nSPS) is 40.6. The molecule has 0 unspecified atom stereocenters. The number of aliphatic hydroxyl groups is 5. The summed E-state index contributed by atoms with van der Waals surface area (Å²) in [5.74, 6) is -2.03. The first-order valence-corrected chi connectivity index (χ1v) is 24.1. The fourth-order valence-electron chi connectivity index (χ4n) is 10.0. The van der Waals surface area contributed by atoms with Gasteiger partial charge in [-0.3, -0.25) is 14.5 Å². The van der Waals surface area contributed by atoms with Gasteiger partial charge in [0.15, 0.2) is 17.7 Å². The van der Waals surface area contributed by atoms with Gasteiger partial charge in [0.05, 0.1) is 54.3 Å². The van der Waals surface area contributed by atoms with Crippen LogP contribution in [-0.4, -0.2) is 189 Å². The Bertz CT molecular complexity index is 1640. The predicted octanol–water partition coefficient (Wildman–Crippen LogP) is 2.62. The molecule has 3 aliphatic heterocycles. The number of carbonyl (C=O) groups excluding carboxylic acids is 1. The van der Waals surface area contributed by atoms with Crippen LogP contribution in [0, 0.1) is 17.8 Å². The summed E-state index contributed by atoms with van der Waals surface area (Å²) in [6.07, 6.45) is -6.54. The molecule has 4 rings (SSSR count). The number of thiocarbonyl (C=S) groups is 1. The molecule has 0 bridgehead atoms. The highest BCUT2D eigenvalue weighted by Crippen LogP contribution is 2.40. The van der Waals surface area contributed by atoms with Crippen LogP contribution in [0.15, 0.2) is 22.8 Å². The highest BCUT2D eigenvalue weighted by Gasteiger charge is 2.53. The van der Waals surface area contributed by atoms with Crippen molar-refractivity contribution >= 4 is 29.8 Å². The molecular formula is C47H84N4O15S. The third kappa shape index (κ3) is 15.7. The maximum atomic E-state index is 14.5. The van der Waals surface area contributed by atoms with E-state index in [1.165, 1.54) is 14.0 Å². The minimum Gasteiger partial charge on any atom is -0.483 e. The fraction of sp³-hybridized carbons (Fsp3) is 0.851. The summed E-state index contributed by atoms with van der Waals surface area (Å²) < 4.78 is 43.4. The molecule has 18 atom stereocenters. The number of nitrogens with one attached hydrogen (secondary N) is 2. The number of cyclic esters (lactones) is 1. The van der Waals surface area contributed by atoms with E-state index in [-0.39, 0.29) is 43.8 Å². The molecule has 8 N–H and O–H groups in total. The first-order valence-electron chi connectivity index (χ1n) is 23.7. The summed E-state index contributed by atoms with van der Waals surface area (Å²) in [6, 6.07) is 2.73. The minimum atomic E-state index is -1.88. The molecule has 19 nitrogen and oxygen atoms in total. The molecule has 0 aliphatic carbocycles. The van der Waals surface area contributed by atoms with Gasteiger partial charge in [-0.15, -0.1) is 0 Å². The molecule has 4 heterocycles. The lowest BCUT2D eigenvalue weighted by molar-refractivity contribution is -0.318. The van der Waals surface area contributed by atoms with Gasteiger partial charge in [0, 0.05) is 51.2 Å². The Balaban J connectivity index is 0.00000386. The molecule has 0 spiro atoms. The Kier molecular flexibility index (Phi) is 22.8. The van der Waals surface area contributed by atoms with Gasteiger partial charge in [0.25, 0.3) is 6.47 Å². The molecule has 388 valence electrons. The van der Waals surface area contributed by atoms with E-state index in [0.717, 1.165) is 5.76 Å². The van der Waals surface area contributed by atoms with E-state index in [1.807, 2.05) is 58.8 Å². The minimum absolute atomic E-state index is 0.112. The van der Waals surface area contributed by atoms with Gasteiger partial charge in [0.2, 0.25) is 0 Å². The molecule has 0 aromatic carbocycles. The fourth-order valence-corrected chi connectivity index (χ4v) is 10.2. The number of ether oxygens (including phenoxy) is 6. The van der Waals surface area contributed by atoms with E-state index in [9.17, 15) is 30.3 Å². The molecule has 3 saturated heterocycles. The van der Waals surface area contributed by atoms with Crippen LogP contribution in [0.4, 0.5) is 0 Å². The lowest BCUT2D eigenvalue weighted by atomic mass is 9.77. The quantitative estimate of drug-likeness (QED) is 0.0612. The number of rotatable bonds is 13. The summed E-state index contributed by atoms with van der Waals surface area (Å²) in [4.78, 5) is 26.9. The van der Waals surface area contributed by atoms with Gasteiger partial charge in [-0.05, 0) is 119 Å². The molecule has 1 aromatic heterocycles. The van der Waals surface area contributed by atoms with E-state index in [1.54, 1.807) is 40.9 Å². The van der Waals surface area contributed by atoms with Gasteiger partial charge in [-0.2, -0.15) is 0 Å². The van der Waals surface area contributed by atoms with E-state index < -0.39 is 96.0 Å². The standard InChI is InChI=1S/C46H82N4O13S.CH2O2/c1-14-34-46(10,56)38(52)30(6)50(19-16-18-47-43(64)48-24-32-17-15-20-58-32)25-26(2)22-44(8,55)40(63-42-36(51)33(49(11)12)21-27(3)59-42)28(4)37(29(5)41(54)61-34)62-35-23-45(9,57-13)39(53)31(7)60-35;2-1-3/h15,17,20,26-31,33-40,42,51-53,55-56H,14,16,18-19,21-25H2,1-13H3,(H2,47,48,64);1H,(H,2,3)/t26-,27-,28+,29-,30-,31+,33+,34-,35+,36-,37+,38-,39+,40-,42+,44-,45-,46-;/m1./s1. The number of aliphatic hydroxyl groups excluding tert-OH is 3. The van der Waals surface area contributed by atoms with Gasteiger partial charge < -0.3 is 79.0 Å². The van der Waals surface area contributed by atoms with Crippen LogP contribution in [0.1, 0.15) is 107 Å². The van der Waals surface area contributed by atoms with Crippen LogP contribution >= 0.6 is 12.2 Å².